The maximum absolute atomic E-state index is 5.40. The number of likely N-dealkylation sites (N-methyl/N-ethyl adjacent to an activating group) is 1. The molecule has 18 heavy (non-hydrogen) atoms. The van der Waals surface area contributed by atoms with Crippen LogP contribution in [-0.4, -0.2) is 42.7 Å². The highest BCUT2D eigenvalue weighted by Crippen LogP contribution is 2.36. The Kier molecular flexibility index (Phi) is 4.07. The van der Waals surface area contributed by atoms with Gasteiger partial charge in [0, 0.05) is 18.2 Å². The van der Waals surface area contributed by atoms with Crippen LogP contribution in [0.15, 0.2) is 18.2 Å². The molecule has 100 valence electrons. The lowest BCUT2D eigenvalue weighted by Gasteiger charge is -2.47. The van der Waals surface area contributed by atoms with E-state index in [1.807, 2.05) is 25.1 Å². The maximum Gasteiger partial charge on any atom is 0.215 e. The standard InChI is InChI=1S/C14H23N3O/c1-4-18-13-8-5-7-12(16-13)15-11-14(17(2)3)9-6-10-14/h5,7-8H,4,6,9-11H2,1-3H3,(H,15,16). The quantitative estimate of drug-likeness (QED) is 0.840. The summed E-state index contributed by atoms with van der Waals surface area (Å²) in [5.74, 6) is 1.59. The molecule has 1 fully saturated rings. The van der Waals surface area contributed by atoms with E-state index in [2.05, 4.69) is 29.3 Å². The topological polar surface area (TPSA) is 37.4 Å². The monoisotopic (exact) mass is 249 g/mol. The summed E-state index contributed by atoms with van der Waals surface area (Å²) < 4.78 is 5.40. The van der Waals surface area contributed by atoms with Crippen molar-refractivity contribution < 1.29 is 4.74 Å². The molecule has 0 aliphatic heterocycles. The number of aromatic nitrogens is 1. The number of hydrogen-bond donors (Lipinski definition) is 1. The highest BCUT2D eigenvalue weighted by Gasteiger charge is 2.38. The van der Waals surface area contributed by atoms with Gasteiger partial charge in [-0.2, -0.15) is 4.98 Å². The summed E-state index contributed by atoms with van der Waals surface area (Å²) >= 11 is 0. The average Bonchev–Trinajstić information content (AvgIpc) is 2.28. The molecule has 1 N–H and O–H groups in total. The van der Waals surface area contributed by atoms with Gasteiger partial charge in [-0.15, -0.1) is 0 Å². The van der Waals surface area contributed by atoms with Crippen LogP contribution in [0.25, 0.3) is 0 Å². The minimum atomic E-state index is 0.309. The van der Waals surface area contributed by atoms with Crippen LogP contribution in [0.3, 0.4) is 0 Å². The summed E-state index contributed by atoms with van der Waals surface area (Å²) in [5.41, 5.74) is 0.309. The summed E-state index contributed by atoms with van der Waals surface area (Å²) in [7, 11) is 4.32. The van der Waals surface area contributed by atoms with E-state index in [-0.39, 0.29) is 0 Å². The molecule has 1 aromatic heterocycles. The second-order valence-electron chi connectivity index (χ2n) is 5.12. The third kappa shape index (κ3) is 2.75. The maximum atomic E-state index is 5.40. The first kappa shape index (κ1) is 13.1. The number of hydrogen-bond acceptors (Lipinski definition) is 4. The first-order valence-electron chi connectivity index (χ1n) is 6.67. The molecule has 0 aromatic carbocycles. The zero-order valence-electron chi connectivity index (χ0n) is 11.6. The van der Waals surface area contributed by atoms with E-state index >= 15 is 0 Å². The second kappa shape index (κ2) is 5.57. The van der Waals surface area contributed by atoms with Gasteiger partial charge < -0.3 is 15.0 Å². The summed E-state index contributed by atoms with van der Waals surface area (Å²) in [4.78, 5) is 6.76. The highest BCUT2D eigenvalue weighted by molar-refractivity contribution is 5.37. The molecule has 0 spiro atoms. The lowest BCUT2D eigenvalue weighted by atomic mass is 9.75. The molecule has 1 aliphatic rings. The largest absolute Gasteiger partial charge is 0.478 e. The first-order chi connectivity index (χ1) is 8.66. The van der Waals surface area contributed by atoms with Gasteiger partial charge in [-0.1, -0.05) is 6.07 Å². The fourth-order valence-corrected chi connectivity index (χ4v) is 2.36. The van der Waals surface area contributed by atoms with Crippen molar-refractivity contribution in [2.24, 2.45) is 0 Å². The molecule has 0 saturated heterocycles. The normalized spacial score (nSPS) is 17.3. The lowest BCUT2D eigenvalue weighted by molar-refractivity contribution is 0.0738. The third-order valence-corrected chi connectivity index (χ3v) is 3.85. The minimum Gasteiger partial charge on any atom is -0.478 e. The average molecular weight is 249 g/mol. The number of nitrogens with one attached hydrogen (secondary N) is 1. The molecular weight excluding hydrogens is 226 g/mol. The van der Waals surface area contributed by atoms with E-state index in [1.54, 1.807) is 0 Å². The van der Waals surface area contributed by atoms with Gasteiger partial charge >= 0.3 is 0 Å². The zero-order chi connectivity index (χ0) is 13.0. The highest BCUT2D eigenvalue weighted by atomic mass is 16.5. The molecule has 1 aliphatic carbocycles. The van der Waals surface area contributed by atoms with Crippen molar-refractivity contribution >= 4 is 5.82 Å². The van der Waals surface area contributed by atoms with Crippen molar-refractivity contribution in [3.05, 3.63) is 18.2 Å². The molecule has 0 unspecified atom stereocenters. The van der Waals surface area contributed by atoms with Gasteiger partial charge in [0.2, 0.25) is 5.88 Å². The minimum absolute atomic E-state index is 0.309. The molecule has 4 heteroatoms. The van der Waals surface area contributed by atoms with Crippen LogP contribution in [0, 0.1) is 0 Å². The van der Waals surface area contributed by atoms with Crippen molar-refractivity contribution in [1.29, 1.82) is 0 Å². The van der Waals surface area contributed by atoms with Crippen LogP contribution >= 0.6 is 0 Å². The first-order valence-corrected chi connectivity index (χ1v) is 6.67. The number of pyridine rings is 1. The van der Waals surface area contributed by atoms with Crippen molar-refractivity contribution in [1.82, 2.24) is 9.88 Å². The van der Waals surface area contributed by atoms with Crippen LogP contribution in [0.4, 0.5) is 5.82 Å². The Balaban J connectivity index is 1.95. The van der Waals surface area contributed by atoms with Crippen molar-refractivity contribution in [3.8, 4) is 5.88 Å². The number of anilines is 1. The third-order valence-electron chi connectivity index (χ3n) is 3.85. The number of ether oxygens (including phenoxy) is 1. The predicted octanol–water partition coefficient (Wildman–Crippen LogP) is 2.38. The van der Waals surface area contributed by atoms with Crippen LogP contribution in [0.2, 0.25) is 0 Å². The summed E-state index contributed by atoms with van der Waals surface area (Å²) in [5, 5.41) is 3.43. The van der Waals surface area contributed by atoms with E-state index in [9.17, 15) is 0 Å². The van der Waals surface area contributed by atoms with Crippen molar-refractivity contribution in [2.75, 3.05) is 32.6 Å². The predicted molar refractivity (Wildman–Crippen MR) is 74.2 cm³/mol. The Hall–Kier alpha value is -1.29. The molecule has 0 atom stereocenters. The summed E-state index contributed by atoms with van der Waals surface area (Å²) in [6.07, 6.45) is 3.85. The van der Waals surface area contributed by atoms with Gasteiger partial charge in [-0.3, -0.25) is 0 Å². The molecule has 4 nitrogen and oxygen atoms in total. The lowest BCUT2D eigenvalue weighted by Crippen LogP contribution is -2.54. The van der Waals surface area contributed by atoms with Gasteiger partial charge in [-0.25, -0.2) is 0 Å². The molecule has 1 heterocycles. The molecule has 1 aromatic rings. The molecule has 1 saturated carbocycles. The van der Waals surface area contributed by atoms with E-state index in [0.29, 0.717) is 18.0 Å². The van der Waals surface area contributed by atoms with Gasteiger partial charge in [0.05, 0.1) is 6.61 Å². The SMILES string of the molecule is CCOc1cccc(NCC2(N(C)C)CCC2)n1. The van der Waals surface area contributed by atoms with Crippen molar-refractivity contribution in [3.63, 3.8) is 0 Å². The molecule has 0 radical (unpaired) electrons. The second-order valence-corrected chi connectivity index (χ2v) is 5.12. The van der Waals surface area contributed by atoms with Crippen LogP contribution in [0.5, 0.6) is 5.88 Å². The number of nitrogens with zero attached hydrogens (tertiary/aromatic N) is 2. The molecular formula is C14H23N3O. The van der Waals surface area contributed by atoms with E-state index in [4.69, 9.17) is 4.74 Å². The van der Waals surface area contributed by atoms with Gasteiger partial charge in [0.25, 0.3) is 0 Å². The molecule has 0 amide bonds. The van der Waals surface area contributed by atoms with Gasteiger partial charge in [0.15, 0.2) is 0 Å². The fourth-order valence-electron chi connectivity index (χ4n) is 2.36. The molecule has 0 bridgehead atoms. The summed E-state index contributed by atoms with van der Waals surface area (Å²) in [6, 6.07) is 5.85. The molecule has 2 rings (SSSR count). The van der Waals surface area contributed by atoms with E-state index in [0.717, 1.165) is 12.4 Å². The van der Waals surface area contributed by atoms with Crippen molar-refractivity contribution in [2.45, 2.75) is 31.7 Å². The Bertz CT molecular complexity index is 388. The Morgan fingerprint density at radius 3 is 2.72 bits per heavy atom. The van der Waals surface area contributed by atoms with Crippen LogP contribution in [0.1, 0.15) is 26.2 Å². The Morgan fingerprint density at radius 2 is 2.17 bits per heavy atom. The van der Waals surface area contributed by atoms with Crippen LogP contribution in [-0.2, 0) is 0 Å². The van der Waals surface area contributed by atoms with E-state index in [1.165, 1.54) is 19.3 Å². The summed E-state index contributed by atoms with van der Waals surface area (Å²) in [6.45, 7) is 3.57. The Labute approximate surface area is 109 Å². The smallest absolute Gasteiger partial charge is 0.215 e. The zero-order valence-corrected chi connectivity index (χ0v) is 11.6. The van der Waals surface area contributed by atoms with Crippen LogP contribution < -0.4 is 10.1 Å². The van der Waals surface area contributed by atoms with Gasteiger partial charge in [0.1, 0.15) is 5.82 Å². The number of rotatable bonds is 6. The fraction of sp³-hybridized carbons (Fsp3) is 0.643. The Morgan fingerprint density at radius 1 is 1.39 bits per heavy atom. The van der Waals surface area contributed by atoms with Gasteiger partial charge in [-0.05, 0) is 46.3 Å². The van der Waals surface area contributed by atoms with E-state index < -0.39 is 0 Å².